The summed E-state index contributed by atoms with van der Waals surface area (Å²) in [5.41, 5.74) is 6.61. The summed E-state index contributed by atoms with van der Waals surface area (Å²) in [6.07, 6.45) is 0.322. The van der Waals surface area contributed by atoms with E-state index < -0.39 is 0 Å². The van der Waals surface area contributed by atoms with E-state index in [0.717, 1.165) is 0 Å². The number of nitrogens with two attached hydrogens (primary N) is 1. The number of benzene rings is 1. The molecule has 1 unspecified atom stereocenters. The van der Waals surface area contributed by atoms with Gasteiger partial charge in [0.2, 0.25) is 0 Å². The first kappa shape index (κ1) is 17.5. The van der Waals surface area contributed by atoms with E-state index in [9.17, 15) is 4.79 Å². The van der Waals surface area contributed by atoms with Crippen molar-refractivity contribution in [3.63, 3.8) is 0 Å². The molecule has 0 aliphatic carbocycles. The zero-order valence-corrected chi connectivity index (χ0v) is 13.7. The molecule has 0 aliphatic heterocycles. The number of Topliss-reactive ketones (excluding diaryl/α,β-unsaturated/α-hetero) is 1. The second kappa shape index (κ2) is 7.46. The normalized spacial score (nSPS) is 12.9. The molecule has 1 aromatic carbocycles. The van der Waals surface area contributed by atoms with Crippen LogP contribution in [0.3, 0.4) is 0 Å². The van der Waals surface area contributed by atoms with Gasteiger partial charge in [-0.2, -0.15) is 0 Å². The maximum absolute atomic E-state index is 12.4. The van der Waals surface area contributed by atoms with Crippen molar-refractivity contribution < 1.29 is 14.3 Å². The summed E-state index contributed by atoms with van der Waals surface area (Å²) in [5, 5.41) is 0. The molecular weight excluding hydrogens is 266 g/mol. The van der Waals surface area contributed by atoms with E-state index in [2.05, 4.69) is 0 Å². The molecule has 1 atom stereocenters. The Morgan fingerprint density at radius 3 is 2.24 bits per heavy atom. The van der Waals surface area contributed by atoms with E-state index in [1.807, 2.05) is 34.6 Å². The van der Waals surface area contributed by atoms with Gasteiger partial charge in [-0.25, -0.2) is 0 Å². The number of hydrogen-bond donors (Lipinski definition) is 1. The Kier molecular flexibility index (Phi) is 6.21. The molecule has 0 radical (unpaired) electrons. The molecule has 1 aromatic rings. The van der Waals surface area contributed by atoms with Gasteiger partial charge in [0.15, 0.2) is 17.3 Å². The Labute approximate surface area is 127 Å². The van der Waals surface area contributed by atoms with Gasteiger partial charge in [-0.1, -0.05) is 20.8 Å². The van der Waals surface area contributed by atoms with Crippen molar-refractivity contribution in [3.05, 3.63) is 23.8 Å². The van der Waals surface area contributed by atoms with Crippen LogP contribution >= 0.6 is 0 Å². The van der Waals surface area contributed by atoms with Crippen molar-refractivity contribution in [2.75, 3.05) is 13.2 Å². The zero-order valence-electron chi connectivity index (χ0n) is 13.7. The molecular formula is C17H27NO3. The number of ether oxygens (including phenoxy) is 2. The lowest BCUT2D eigenvalue weighted by atomic mass is 9.83. The van der Waals surface area contributed by atoms with Crippen molar-refractivity contribution in [2.24, 2.45) is 11.1 Å². The highest BCUT2D eigenvalue weighted by atomic mass is 16.5. The van der Waals surface area contributed by atoms with Gasteiger partial charge in [0, 0.05) is 18.0 Å². The number of carbonyl (C=O) groups excluding carboxylic acids is 1. The van der Waals surface area contributed by atoms with Gasteiger partial charge in [0.1, 0.15) is 0 Å². The van der Waals surface area contributed by atoms with Crippen LogP contribution in [0.25, 0.3) is 0 Å². The zero-order chi connectivity index (χ0) is 16.0. The standard InChI is InChI=1S/C17H27NO3/c1-6-20-14-9-8-12(10-15(14)21-7-2)13(19)11-16(18)17(3,4)5/h8-10,16H,6-7,11,18H2,1-5H3. The lowest BCUT2D eigenvalue weighted by molar-refractivity contribution is 0.0952. The van der Waals surface area contributed by atoms with Gasteiger partial charge < -0.3 is 15.2 Å². The molecule has 21 heavy (non-hydrogen) atoms. The minimum Gasteiger partial charge on any atom is -0.490 e. The molecule has 118 valence electrons. The topological polar surface area (TPSA) is 61.5 Å². The van der Waals surface area contributed by atoms with E-state index >= 15 is 0 Å². The van der Waals surface area contributed by atoms with Crippen LogP contribution in [-0.2, 0) is 0 Å². The maximum Gasteiger partial charge on any atom is 0.164 e. The third kappa shape index (κ3) is 5.05. The first-order chi connectivity index (χ1) is 9.79. The van der Waals surface area contributed by atoms with Crippen molar-refractivity contribution in [2.45, 2.75) is 47.1 Å². The first-order valence-electron chi connectivity index (χ1n) is 7.48. The smallest absolute Gasteiger partial charge is 0.164 e. The molecule has 0 spiro atoms. The number of carbonyl (C=O) groups is 1. The molecule has 0 saturated carbocycles. The molecule has 0 aromatic heterocycles. The predicted molar refractivity (Wildman–Crippen MR) is 85.2 cm³/mol. The Bertz CT molecular complexity index is 477. The van der Waals surface area contributed by atoms with Crippen LogP contribution in [-0.4, -0.2) is 25.0 Å². The third-order valence-electron chi connectivity index (χ3n) is 3.38. The highest BCUT2D eigenvalue weighted by Crippen LogP contribution is 2.30. The van der Waals surface area contributed by atoms with Gasteiger partial charge in [0.25, 0.3) is 0 Å². The Balaban J connectivity index is 2.92. The lowest BCUT2D eigenvalue weighted by Crippen LogP contribution is -2.36. The number of rotatable bonds is 7. The van der Waals surface area contributed by atoms with Gasteiger partial charge >= 0.3 is 0 Å². The molecule has 0 fully saturated rings. The molecule has 4 heteroatoms. The first-order valence-corrected chi connectivity index (χ1v) is 7.48. The van der Waals surface area contributed by atoms with Crippen LogP contribution in [0.2, 0.25) is 0 Å². The van der Waals surface area contributed by atoms with Gasteiger partial charge in [-0.3, -0.25) is 4.79 Å². The number of hydrogen-bond acceptors (Lipinski definition) is 4. The Morgan fingerprint density at radius 1 is 1.14 bits per heavy atom. The summed E-state index contributed by atoms with van der Waals surface area (Å²) in [4.78, 5) is 12.4. The summed E-state index contributed by atoms with van der Waals surface area (Å²) < 4.78 is 11.0. The second-order valence-electron chi connectivity index (χ2n) is 6.13. The fourth-order valence-electron chi connectivity index (χ4n) is 1.85. The Hall–Kier alpha value is -1.55. The quantitative estimate of drug-likeness (QED) is 0.782. The van der Waals surface area contributed by atoms with Crippen LogP contribution in [0.1, 0.15) is 51.4 Å². The molecule has 1 rings (SSSR count). The van der Waals surface area contributed by atoms with E-state index in [1.54, 1.807) is 18.2 Å². The van der Waals surface area contributed by atoms with Crippen molar-refractivity contribution in [1.29, 1.82) is 0 Å². The Morgan fingerprint density at radius 2 is 1.71 bits per heavy atom. The molecule has 0 bridgehead atoms. The van der Waals surface area contributed by atoms with E-state index in [1.165, 1.54) is 0 Å². The molecule has 0 aliphatic rings. The number of ketones is 1. The van der Waals surface area contributed by atoms with Crippen molar-refractivity contribution in [1.82, 2.24) is 0 Å². The second-order valence-corrected chi connectivity index (χ2v) is 6.13. The van der Waals surface area contributed by atoms with E-state index in [-0.39, 0.29) is 17.2 Å². The van der Waals surface area contributed by atoms with Crippen LogP contribution in [0.4, 0.5) is 0 Å². The average Bonchev–Trinajstić information content (AvgIpc) is 2.40. The fourth-order valence-corrected chi connectivity index (χ4v) is 1.85. The summed E-state index contributed by atoms with van der Waals surface area (Å²) in [7, 11) is 0. The fraction of sp³-hybridized carbons (Fsp3) is 0.588. The summed E-state index contributed by atoms with van der Waals surface area (Å²) in [6.45, 7) is 11.0. The SMILES string of the molecule is CCOc1ccc(C(=O)CC(N)C(C)(C)C)cc1OCC. The maximum atomic E-state index is 12.4. The molecule has 0 heterocycles. The molecule has 2 N–H and O–H groups in total. The van der Waals surface area contributed by atoms with Crippen molar-refractivity contribution in [3.8, 4) is 11.5 Å². The summed E-state index contributed by atoms with van der Waals surface area (Å²) in [5.74, 6) is 1.30. The van der Waals surface area contributed by atoms with Crippen LogP contribution in [0.15, 0.2) is 18.2 Å². The van der Waals surface area contributed by atoms with Crippen molar-refractivity contribution >= 4 is 5.78 Å². The largest absolute Gasteiger partial charge is 0.490 e. The highest BCUT2D eigenvalue weighted by Gasteiger charge is 2.24. The van der Waals surface area contributed by atoms with Gasteiger partial charge in [-0.05, 0) is 37.5 Å². The van der Waals surface area contributed by atoms with E-state index in [4.69, 9.17) is 15.2 Å². The van der Waals surface area contributed by atoms with Crippen LogP contribution in [0.5, 0.6) is 11.5 Å². The van der Waals surface area contributed by atoms with Crippen LogP contribution in [0, 0.1) is 5.41 Å². The van der Waals surface area contributed by atoms with Crippen LogP contribution < -0.4 is 15.2 Å². The van der Waals surface area contributed by atoms with Gasteiger partial charge in [-0.15, -0.1) is 0 Å². The third-order valence-corrected chi connectivity index (χ3v) is 3.38. The predicted octanol–water partition coefficient (Wildman–Crippen LogP) is 3.43. The lowest BCUT2D eigenvalue weighted by Gasteiger charge is -2.26. The molecule has 4 nitrogen and oxygen atoms in total. The molecule has 0 saturated heterocycles. The van der Waals surface area contributed by atoms with Gasteiger partial charge in [0.05, 0.1) is 13.2 Å². The average molecular weight is 293 g/mol. The minimum absolute atomic E-state index is 0.0291. The highest BCUT2D eigenvalue weighted by molar-refractivity contribution is 5.97. The summed E-state index contributed by atoms with van der Waals surface area (Å²) >= 11 is 0. The molecule has 0 amide bonds. The van der Waals surface area contributed by atoms with E-state index in [0.29, 0.717) is 36.7 Å². The monoisotopic (exact) mass is 293 g/mol. The minimum atomic E-state index is -0.174. The summed E-state index contributed by atoms with van der Waals surface area (Å²) in [6, 6.07) is 5.12.